The molecule has 2 heterocycles. The molecular weight excluding hydrogens is 457 g/mol. The van der Waals surface area contributed by atoms with Gasteiger partial charge in [0.05, 0.1) is 11.1 Å². The highest BCUT2D eigenvalue weighted by atomic mass is 19.1. The molecule has 7 rings (SSSR count). The monoisotopic (exact) mass is 484 g/mol. The molecule has 0 fully saturated rings. The van der Waals surface area contributed by atoms with Crippen LogP contribution in [0.25, 0.3) is 55.4 Å². The molecule has 0 saturated heterocycles. The summed E-state index contributed by atoms with van der Waals surface area (Å²) >= 11 is 0. The van der Waals surface area contributed by atoms with Crippen molar-refractivity contribution in [3.05, 3.63) is 114 Å². The number of aryl methyl sites for hydroxylation is 2. The summed E-state index contributed by atoms with van der Waals surface area (Å²) in [6, 6.07) is 28.6. The lowest BCUT2D eigenvalue weighted by molar-refractivity contribution is -0.660. The summed E-state index contributed by atoms with van der Waals surface area (Å²) in [5, 5.41) is 1.92. The Hall–Kier alpha value is -4.24. The van der Waals surface area contributed by atoms with E-state index in [9.17, 15) is 0 Å². The van der Waals surface area contributed by atoms with Crippen LogP contribution in [0.3, 0.4) is 0 Å². The van der Waals surface area contributed by atoms with Gasteiger partial charge in [-0.2, -0.15) is 0 Å². The number of aromatic nitrogens is 1. The number of benzene rings is 4. The van der Waals surface area contributed by atoms with E-state index in [-0.39, 0.29) is 11.2 Å². The van der Waals surface area contributed by atoms with Gasteiger partial charge in [-0.3, -0.25) is 0 Å². The lowest BCUT2D eigenvalue weighted by Crippen LogP contribution is -2.30. The molecule has 0 unspecified atom stereocenters. The first-order valence-corrected chi connectivity index (χ1v) is 12.7. The van der Waals surface area contributed by atoms with E-state index in [1.54, 1.807) is 6.07 Å². The number of hydrogen-bond donors (Lipinski definition) is 0. The van der Waals surface area contributed by atoms with Gasteiger partial charge in [0.2, 0.25) is 5.69 Å². The fourth-order valence-corrected chi connectivity index (χ4v) is 6.22. The highest BCUT2D eigenvalue weighted by molar-refractivity contribution is 6.13. The second-order valence-corrected chi connectivity index (χ2v) is 10.7. The molecule has 0 amide bonds. The quantitative estimate of drug-likeness (QED) is 0.225. The molecule has 0 aliphatic heterocycles. The number of nitrogens with zero attached hydrogens (tertiary/aromatic N) is 1. The Morgan fingerprint density at radius 2 is 1.43 bits per heavy atom. The van der Waals surface area contributed by atoms with Gasteiger partial charge in [0.25, 0.3) is 0 Å². The van der Waals surface area contributed by atoms with E-state index in [1.807, 2.05) is 37.5 Å². The van der Waals surface area contributed by atoms with Gasteiger partial charge >= 0.3 is 0 Å². The van der Waals surface area contributed by atoms with Gasteiger partial charge in [0, 0.05) is 28.3 Å². The van der Waals surface area contributed by atoms with E-state index >= 15 is 4.39 Å². The topological polar surface area (TPSA) is 17.0 Å². The van der Waals surface area contributed by atoms with Crippen molar-refractivity contribution < 1.29 is 13.4 Å². The van der Waals surface area contributed by atoms with Crippen LogP contribution in [0.5, 0.6) is 0 Å². The molecule has 180 valence electrons. The summed E-state index contributed by atoms with van der Waals surface area (Å²) < 4.78 is 24.3. The normalized spacial score (nSPS) is 13.8. The van der Waals surface area contributed by atoms with Gasteiger partial charge in [0.15, 0.2) is 6.20 Å². The number of halogens is 1. The molecule has 0 saturated carbocycles. The zero-order valence-corrected chi connectivity index (χ0v) is 21.4. The molecule has 0 bridgehead atoms. The largest absolute Gasteiger partial charge is 0.454 e. The second-order valence-electron chi connectivity index (χ2n) is 10.7. The standard InChI is InChI=1S/C34H27FNO/c1-20-12-14-23-24-15-17-28(35)31(33(24)37-32(23)30(20)29-11-7-8-18-36(29)4)21-13-16-27-25(19-21)22-9-5-6-10-26(22)34(27,2)3/h5-19H,1-4H3/q+1. The second kappa shape index (κ2) is 7.63. The summed E-state index contributed by atoms with van der Waals surface area (Å²) in [7, 11) is 2.03. The van der Waals surface area contributed by atoms with Gasteiger partial charge in [-0.15, -0.1) is 0 Å². The Morgan fingerprint density at radius 3 is 2.24 bits per heavy atom. The van der Waals surface area contributed by atoms with E-state index in [0.29, 0.717) is 11.1 Å². The third-order valence-corrected chi connectivity index (χ3v) is 8.15. The van der Waals surface area contributed by atoms with Crippen LogP contribution in [0.15, 0.2) is 95.5 Å². The van der Waals surface area contributed by atoms with Crippen LogP contribution in [0.2, 0.25) is 0 Å². The Bertz CT molecular complexity index is 1890. The highest BCUT2D eigenvalue weighted by Crippen LogP contribution is 2.50. The number of fused-ring (bicyclic) bond motifs is 6. The van der Waals surface area contributed by atoms with E-state index < -0.39 is 0 Å². The fraction of sp³-hybridized carbons (Fsp3) is 0.147. The van der Waals surface area contributed by atoms with Gasteiger partial charge in [0.1, 0.15) is 24.0 Å². The van der Waals surface area contributed by atoms with Gasteiger partial charge in [-0.1, -0.05) is 62.4 Å². The molecule has 4 aromatic carbocycles. The first-order valence-electron chi connectivity index (χ1n) is 12.7. The molecule has 0 spiro atoms. The van der Waals surface area contributed by atoms with Crippen LogP contribution in [0.4, 0.5) is 4.39 Å². The minimum atomic E-state index is -0.277. The fourth-order valence-electron chi connectivity index (χ4n) is 6.22. The van der Waals surface area contributed by atoms with Gasteiger partial charge in [-0.05, 0) is 64.6 Å². The molecule has 2 aromatic heterocycles. The molecule has 2 nitrogen and oxygen atoms in total. The van der Waals surface area contributed by atoms with E-state index in [1.165, 1.54) is 22.3 Å². The van der Waals surface area contributed by atoms with Crippen molar-refractivity contribution in [1.82, 2.24) is 0 Å². The predicted octanol–water partition coefficient (Wildman–Crippen LogP) is 8.50. The minimum absolute atomic E-state index is 0.0913. The van der Waals surface area contributed by atoms with Crippen molar-refractivity contribution in [3.8, 4) is 33.5 Å². The van der Waals surface area contributed by atoms with Crippen LogP contribution >= 0.6 is 0 Å². The molecular formula is C34H27FNO+. The lowest BCUT2D eigenvalue weighted by atomic mass is 9.82. The number of hydrogen-bond acceptors (Lipinski definition) is 1. The first kappa shape index (κ1) is 22.0. The van der Waals surface area contributed by atoms with Crippen LogP contribution < -0.4 is 4.57 Å². The molecule has 1 aliphatic carbocycles. The van der Waals surface area contributed by atoms with Crippen molar-refractivity contribution in [2.24, 2.45) is 7.05 Å². The average molecular weight is 485 g/mol. The molecule has 0 atom stereocenters. The van der Waals surface area contributed by atoms with Crippen molar-refractivity contribution >= 4 is 21.9 Å². The van der Waals surface area contributed by atoms with Crippen molar-refractivity contribution in [1.29, 1.82) is 0 Å². The van der Waals surface area contributed by atoms with Crippen LogP contribution in [-0.2, 0) is 12.5 Å². The maximum Gasteiger partial charge on any atom is 0.216 e. The maximum absolute atomic E-state index is 15.6. The number of rotatable bonds is 2. The molecule has 0 radical (unpaired) electrons. The lowest BCUT2D eigenvalue weighted by Gasteiger charge is -2.21. The molecule has 1 aliphatic rings. The summed E-state index contributed by atoms with van der Waals surface area (Å²) in [5.41, 5.74) is 10.8. The molecule has 0 N–H and O–H groups in total. The number of furan rings is 1. The van der Waals surface area contributed by atoms with Gasteiger partial charge < -0.3 is 4.42 Å². The van der Waals surface area contributed by atoms with Gasteiger partial charge in [-0.25, -0.2) is 8.96 Å². The smallest absolute Gasteiger partial charge is 0.216 e. The zero-order chi connectivity index (χ0) is 25.5. The van der Waals surface area contributed by atoms with E-state index in [4.69, 9.17) is 4.42 Å². The average Bonchev–Trinajstić information content (AvgIpc) is 3.37. The van der Waals surface area contributed by atoms with E-state index in [2.05, 4.69) is 79.9 Å². The predicted molar refractivity (Wildman–Crippen MR) is 148 cm³/mol. The van der Waals surface area contributed by atoms with Crippen LogP contribution in [0.1, 0.15) is 30.5 Å². The Balaban J connectivity index is 1.52. The summed E-state index contributed by atoms with van der Waals surface area (Å²) in [4.78, 5) is 0. The SMILES string of the molecule is Cc1ccc2c(oc3c(-c4ccc5c(c4)-c4ccccc4C5(C)C)c(F)ccc32)c1-c1cccc[n+]1C. The minimum Gasteiger partial charge on any atom is -0.454 e. The molecule has 3 heteroatoms. The number of pyridine rings is 1. The summed E-state index contributed by atoms with van der Waals surface area (Å²) in [6.45, 7) is 6.60. The third-order valence-electron chi connectivity index (χ3n) is 8.15. The summed E-state index contributed by atoms with van der Waals surface area (Å²) in [5.74, 6) is -0.277. The Morgan fingerprint density at radius 1 is 0.730 bits per heavy atom. The van der Waals surface area contributed by atoms with Crippen molar-refractivity contribution in [2.45, 2.75) is 26.2 Å². The van der Waals surface area contributed by atoms with Crippen LogP contribution in [0, 0.1) is 12.7 Å². The molecule has 6 aromatic rings. The Labute approximate surface area is 215 Å². The zero-order valence-electron chi connectivity index (χ0n) is 21.4. The maximum atomic E-state index is 15.6. The highest BCUT2D eigenvalue weighted by Gasteiger charge is 2.35. The van der Waals surface area contributed by atoms with Crippen LogP contribution in [-0.4, -0.2) is 0 Å². The molecule has 37 heavy (non-hydrogen) atoms. The Kier molecular flexibility index (Phi) is 4.54. The van der Waals surface area contributed by atoms with Crippen molar-refractivity contribution in [3.63, 3.8) is 0 Å². The van der Waals surface area contributed by atoms with E-state index in [0.717, 1.165) is 38.7 Å². The third kappa shape index (κ3) is 3.00. The first-order chi connectivity index (χ1) is 17.9. The summed E-state index contributed by atoms with van der Waals surface area (Å²) in [6.07, 6.45) is 2.03. The van der Waals surface area contributed by atoms with Crippen molar-refractivity contribution in [2.75, 3.05) is 0 Å².